The molecule has 0 unspecified atom stereocenters. The second-order valence-electron chi connectivity index (χ2n) is 8.86. The minimum Gasteiger partial charge on any atom is -0.494 e. The van der Waals surface area contributed by atoms with Crippen LogP contribution in [0.15, 0.2) is 30.0 Å². The molecule has 1 saturated heterocycles. The molecular formula is C25H35N3O4. The minimum absolute atomic E-state index is 0.0108. The summed E-state index contributed by atoms with van der Waals surface area (Å²) in [5.74, 6) is 0.466. The Labute approximate surface area is 190 Å². The molecule has 32 heavy (non-hydrogen) atoms. The van der Waals surface area contributed by atoms with E-state index >= 15 is 0 Å². The molecule has 3 aliphatic rings. The maximum atomic E-state index is 13.7. The fourth-order valence-corrected chi connectivity index (χ4v) is 5.16. The standard InChI is InChI=1S/C25H35N3O4/c1-2-32-21-11-9-19(10-12-21)22-23(27-15-13-26(14-16-27)17-18-29)25(31)28(24(22)30)20-7-5-3-4-6-8-20/h9-12,20,29H,2-8,13-18H2,1H3. The van der Waals surface area contributed by atoms with Gasteiger partial charge in [0.2, 0.25) is 0 Å². The van der Waals surface area contributed by atoms with Crippen molar-refractivity contribution in [1.82, 2.24) is 14.7 Å². The van der Waals surface area contributed by atoms with E-state index in [1.165, 1.54) is 12.8 Å². The molecule has 7 heteroatoms. The zero-order valence-corrected chi connectivity index (χ0v) is 19.1. The lowest BCUT2D eigenvalue weighted by molar-refractivity contribution is -0.140. The van der Waals surface area contributed by atoms with Gasteiger partial charge in [-0.2, -0.15) is 0 Å². The SMILES string of the molecule is CCOc1ccc(C2=C(N3CCN(CCO)CC3)C(=O)N(C3CCCCCC3)C2=O)cc1. The van der Waals surface area contributed by atoms with Crippen molar-refractivity contribution in [3.63, 3.8) is 0 Å². The highest BCUT2D eigenvalue weighted by Gasteiger charge is 2.45. The predicted octanol–water partition coefficient (Wildman–Crippen LogP) is 2.50. The average Bonchev–Trinajstić information content (AvgIpc) is 2.95. The van der Waals surface area contributed by atoms with E-state index in [4.69, 9.17) is 4.74 Å². The maximum Gasteiger partial charge on any atom is 0.278 e. The summed E-state index contributed by atoms with van der Waals surface area (Å²) >= 11 is 0. The molecular weight excluding hydrogens is 406 g/mol. The van der Waals surface area contributed by atoms with Crippen LogP contribution in [0.3, 0.4) is 0 Å². The van der Waals surface area contributed by atoms with Crippen molar-refractivity contribution in [3.8, 4) is 5.75 Å². The molecule has 1 N–H and O–H groups in total. The van der Waals surface area contributed by atoms with Crippen LogP contribution >= 0.6 is 0 Å². The van der Waals surface area contributed by atoms with E-state index in [0.29, 0.717) is 37.5 Å². The van der Waals surface area contributed by atoms with Crippen molar-refractivity contribution < 1.29 is 19.4 Å². The van der Waals surface area contributed by atoms with Crippen molar-refractivity contribution in [2.45, 2.75) is 51.5 Å². The van der Waals surface area contributed by atoms with Gasteiger partial charge in [-0.05, 0) is 37.5 Å². The van der Waals surface area contributed by atoms with Crippen LogP contribution in [0.1, 0.15) is 51.0 Å². The fraction of sp³-hybridized carbons (Fsp3) is 0.600. The van der Waals surface area contributed by atoms with Crippen molar-refractivity contribution in [2.75, 3.05) is 45.9 Å². The Balaban J connectivity index is 1.66. The summed E-state index contributed by atoms with van der Waals surface area (Å²) in [4.78, 5) is 33.3. The Morgan fingerprint density at radius 2 is 1.59 bits per heavy atom. The molecule has 7 nitrogen and oxygen atoms in total. The number of β-amino-alcohol motifs (C(OH)–C–C–N with tert-alkyl or cyclic N) is 1. The fourth-order valence-electron chi connectivity index (χ4n) is 5.16. The summed E-state index contributed by atoms with van der Waals surface area (Å²) in [6.07, 6.45) is 6.26. The molecule has 0 aromatic heterocycles. The molecule has 0 atom stereocenters. The molecule has 1 saturated carbocycles. The number of imide groups is 1. The first kappa shape index (κ1) is 22.8. The third-order valence-corrected chi connectivity index (χ3v) is 6.84. The number of rotatable bonds is 7. The van der Waals surface area contributed by atoms with Gasteiger partial charge in [0.15, 0.2) is 0 Å². The number of hydrogen-bond acceptors (Lipinski definition) is 6. The molecule has 174 valence electrons. The second kappa shape index (κ2) is 10.5. The smallest absolute Gasteiger partial charge is 0.278 e. The number of hydrogen-bond donors (Lipinski definition) is 1. The van der Waals surface area contributed by atoms with Gasteiger partial charge in [-0.1, -0.05) is 37.8 Å². The summed E-state index contributed by atoms with van der Waals surface area (Å²) in [7, 11) is 0. The molecule has 4 rings (SSSR count). The van der Waals surface area contributed by atoms with Gasteiger partial charge in [-0.3, -0.25) is 19.4 Å². The largest absolute Gasteiger partial charge is 0.494 e. The highest BCUT2D eigenvalue weighted by molar-refractivity contribution is 6.35. The van der Waals surface area contributed by atoms with Crippen LogP contribution in [0.4, 0.5) is 0 Å². The lowest BCUT2D eigenvalue weighted by Gasteiger charge is -2.36. The molecule has 2 heterocycles. The first-order valence-corrected chi connectivity index (χ1v) is 12.1. The number of aliphatic hydroxyl groups excluding tert-OH is 1. The third kappa shape index (κ3) is 4.69. The number of carbonyl (C=O) groups is 2. The highest BCUT2D eigenvalue weighted by Crippen LogP contribution is 2.36. The lowest BCUT2D eigenvalue weighted by atomic mass is 10.0. The quantitative estimate of drug-likeness (QED) is 0.518. The zero-order chi connectivity index (χ0) is 22.5. The van der Waals surface area contributed by atoms with Crippen LogP contribution in [-0.4, -0.2) is 83.6 Å². The van der Waals surface area contributed by atoms with Crippen molar-refractivity contribution in [1.29, 1.82) is 0 Å². The van der Waals surface area contributed by atoms with E-state index in [9.17, 15) is 14.7 Å². The van der Waals surface area contributed by atoms with E-state index < -0.39 is 0 Å². The number of aliphatic hydroxyl groups is 1. The van der Waals surface area contributed by atoms with Crippen LogP contribution in [0, 0.1) is 0 Å². The Bertz CT molecular complexity index is 835. The number of piperazine rings is 1. The minimum atomic E-state index is -0.154. The molecule has 0 radical (unpaired) electrons. The van der Waals surface area contributed by atoms with Crippen LogP contribution in [0.5, 0.6) is 5.75 Å². The Kier molecular flexibility index (Phi) is 7.48. The number of nitrogens with zero attached hydrogens (tertiary/aromatic N) is 3. The third-order valence-electron chi connectivity index (χ3n) is 6.84. The van der Waals surface area contributed by atoms with Crippen molar-refractivity contribution in [2.24, 2.45) is 0 Å². The maximum absolute atomic E-state index is 13.7. The number of carbonyl (C=O) groups excluding carboxylic acids is 2. The highest BCUT2D eigenvalue weighted by atomic mass is 16.5. The van der Waals surface area contributed by atoms with Crippen LogP contribution < -0.4 is 4.74 Å². The van der Waals surface area contributed by atoms with E-state index in [2.05, 4.69) is 9.80 Å². The van der Waals surface area contributed by atoms with Gasteiger partial charge in [-0.25, -0.2) is 0 Å². The predicted molar refractivity (Wildman–Crippen MR) is 123 cm³/mol. The first-order chi connectivity index (χ1) is 15.6. The molecule has 2 aliphatic heterocycles. The molecule has 0 spiro atoms. The molecule has 2 amide bonds. The van der Waals surface area contributed by atoms with Gasteiger partial charge in [0.1, 0.15) is 11.4 Å². The lowest BCUT2D eigenvalue weighted by Crippen LogP contribution is -2.49. The summed E-state index contributed by atoms with van der Waals surface area (Å²) in [5.41, 5.74) is 1.85. The van der Waals surface area contributed by atoms with Crippen LogP contribution in [-0.2, 0) is 9.59 Å². The summed E-state index contributed by atoms with van der Waals surface area (Å²) in [5, 5.41) is 9.25. The van der Waals surface area contributed by atoms with Gasteiger partial charge >= 0.3 is 0 Å². The van der Waals surface area contributed by atoms with Gasteiger partial charge < -0.3 is 14.7 Å². The van der Waals surface area contributed by atoms with Gasteiger partial charge in [-0.15, -0.1) is 0 Å². The molecule has 2 fully saturated rings. The molecule has 1 aromatic rings. The summed E-state index contributed by atoms with van der Waals surface area (Å²) < 4.78 is 5.56. The van der Waals surface area contributed by atoms with Crippen molar-refractivity contribution in [3.05, 3.63) is 35.5 Å². The molecule has 1 aromatic carbocycles. The monoisotopic (exact) mass is 441 g/mol. The van der Waals surface area contributed by atoms with Crippen LogP contribution in [0.2, 0.25) is 0 Å². The van der Waals surface area contributed by atoms with E-state index in [-0.39, 0.29) is 24.5 Å². The number of benzene rings is 1. The normalized spacial score (nSPS) is 21.4. The van der Waals surface area contributed by atoms with Gasteiger partial charge in [0.25, 0.3) is 11.8 Å². The molecule has 1 aliphatic carbocycles. The summed E-state index contributed by atoms with van der Waals surface area (Å²) in [6, 6.07) is 7.51. The Morgan fingerprint density at radius 1 is 0.938 bits per heavy atom. The van der Waals surface area contributed by atoms with Crippen molar-refractivity contribution >= 4 is 17.4 Å². The molecule has 0 bridgehead atoms. The average molecular weight is 442 g/mol. The first-order valence-electron chi connectivity index (χ1n) is 12.1. The number of ether oxygens (including phenoxy) is 1. The Morgan fingerprint density at radius 3 is 2.19 bits per heavy atom. The zero-order valence-electron chi connectivity index (χ0n) is 19.1. The van der Waals surface area contributed by atoms with E-state index in [0.717, 1.165) is 50.1 Å². The van der Waals surface area contributed by atoms with E-state index in [1.54, 1.807) is 4.90 Å². The Hall–Kier alpha value is -2.38. The van der Waals surface area contributed by atoms with Crippen LogP contribution in [0.25, 0.3) is 5.57 Å². The van der Waals surface area contributed by atoms with E-state index in [1.807, 2.05) is 31.2 Å². The van der Waals surface area contributed by atoms with Gasteiger partial charge in [0.05, 0.1) is 18.8 Å². The second-order valence-corrected chi connectivity index (χ2v) is 8.86. The topological polar surface area (TPSA) is 73.3 Å². The summed E-state index contributed by atoms with van der Waals surface area (Å²) in [6.45, 7) is 6.18. The number of amides is 2. The van der Waals surface area contributed by atoms with Gasteiger partial charge in [0, 0.05) is 38.8 Å².